The first-order chi connectivity index (χ1) is 6.75. The third-order valence-electron chi connectivity index (χ3n) is 1.91. The van der Waals surface area contributed by atoms with Crippen LogP contribution in [0.2, 0.25) is 5.02 Å². The summed E-state index contributed by atoms with van der Waals surface area (Å²) in [5.74, 6) is 0.958. The molecule has 0 aliphatic heterocycles. The Hall–Kier alpha value is -0.800. The van der Waals surface area contributed by atoms with Gasteiger partial charge in [0.2, 0.25) is 0 Å². The van der Waals surface area contributed by atoms with E-state index in [-0.39, 0.29) is 0 Å². The Morgan fingerprint density at radius 2 is 2.29 bits per heavy atom. The maximum atomic E-state index is 5.89. The van der Waals surface area contributed by atoms with Crippen molar-refractivity contribution in [3.63, 3.8) is 0 Å². The number of hydrogen-bond acceptors (Lipinski definition) is 1. The van der Waals surface area contributed by atoms with Crippen LogP contribution in [-0.2, 0) is 6.42 Å². The Kier molecular flexibility index (Phi) is 2.89. The van der Waals surface area contributed by atoms with Crippen molar-refractivity contribution in [3.05, 3.63) is 51.5 Å². The standard InChI is InChI=1S/C10H8BrClN2/c11-8-5-7(1-2-9(8)12)6-10-13-3-4-14-10/h1-5H,6H2,(H,13,14). The van der Waals surface area contributed by atoms with Crippen LogP contribution in [0, 0.1) is 0 Å². The third-order valence-corrected chi connectivity index (χ3v) is 3.12. The van der Waals surface area contributed by atoms with Crippen LogP contribution in [-0.4, -0.2) is 9.97 Å². The lowest BCUT2D eigenvalue weighted by atomic mass is 10.1. The molecule has 0 amide bonds. The van der Waals surface area contributed by atoms with Gasteiger partial charge in [-0.25, -0.2) is 4.98 Å². The van der Waals surface area contributed by atoms with Gasteiger partial charge in [0.1, 0.15) is 5.82 Å². The lowest BCUT2D eigenvalue weighted by Gasteiger charge is -2.00. The quantitative estimate of drug-likeness (QED) is 0.891. The van der Waals surface area contributed by atoms with Crippen LogP contribution in [0.3, 0.4) is 0 Å². The second kappa shape index (κ2) is 4.15. The summed E-state index contributed by atoms with van der Waals surface area (Å²) < 4.78 is 0.920. The van der Waals surface area contributed by atoms with Gasteiger partial charge in [0.15, 0.2) is 0 Å². The molecule has 1 N–H and O–H groups in total. The maximum Gasteiger partial charge on any atom is 0.110 e. The molecule has 1 heterocycles. The first-order valence-electron chi connectivity index (χ1n) is 4.18. The molecule has 0 saturated carbocycles. The summed E-state index contributed by atoms with van der Waals surface area (Å²) in [6, 6.07) is 5.88. The zero-order chi connectivity index (χ0) is 9.97. The van der Waals surface area contributed by atoms with E-state index in [1.807, 2.05) is 24.4 Å². The molecule has 0 aliphatic carbocycles. The molecule has 0 unspecified atom stereocenters. The van der Waals surface area contributed by atoms with Gasteiger partial charge in [-0.15, -0.1) is 0 Å². The molecule has 0 saturated heterocycles. The van der Waals surface area contributed by atoms with Gasteiger partial charge in [0.05, 0.1) is 5.02 Å². The fourth-order valence-electron chi connectivity index (χ4n) is 1.24. The Morgan fingerprint density at radius 3 is 2.93 bits per heavy atom. The molecule has 0 spiro atoms. The highest BCUT2D eigenvalue weighted by molar-refractivity contribution is 9.10. The van der Waals surface area contributed by atoms with E-state index in [4.69, 9.17) is 11.6 Å². The summed E-state index contributed by atoms with van der Waals surface area (Å²) in [6.07, 6.45) is 4.36. The van der Waals surface area contributed by atoms with Crippen molar-refractivity contribution in [2.45, 2.75) is 6.42 Å². The molecule has 2 rings (SSSR count). The van der Waals surface area contributed by atoms with Crippen LogP contribution < -0.4 is 0 Å². The first-order valence-corrected chi connectivity index (χ1v) is 5.35. The molecule has 72 valence electrons. The van der Waals surface area contributed by atoms with Gasteiger partial charge in [0.25, 0.3) is 0 Å². The van der Waals surface area contributed by atoms with E-state index in [1.54, 1.807) is 6.20 Å². The second-order valence-corrected chi connectivity index (χ2v) is 4.22. The molecule has 0 atom stereocenters. The van der Waals surface area contributed by atoms with Gasteiger partial charge in [-0.2, -0.15) is 0 Å². The first kappa shape index (κ1) is 9.74. The van der Waals surface area contributed by atoms with E-state index >= 15 is 0 Å². The van der Waals surface area contributed by atoms with Crippen LogP contribution in [0.4, 0.5) is 0 Å². The van der Waals surface area contributed by atoms with Gasteiger partial charge >= 0.3 is 0 Å². The van der Waals surface area contributed by atoms with E-state index < -0.39 is 0 Å². The number of H-pyrrole nitrogens is 1. The van der Waals surface area contributed by atoms with Crippen molar-refractivity contribution in [3.8, 4) is 0 Å². The summed E-state index contributed by atoms with van der Waals surface area (Å²) in [4.78, 5) is 7.22. The van der Waals surface area contributed by atoms with Crippen molar-refractivity contribution in [1.29, 1.82) is 0 Å². The number of halogens is 2. The molecule has 1 aromatic carbocycles. The molecule has 14 heavy (non-hydrogen) atoms. The highest BCUT2D eigenvalue weighted by atomic mass is 79.9. The van der Waals surface area contributed by atoms with E-state index in [0.29, 0.717) is 0 Å². The van der Waals surface area contributed by atoms with E-state index in [1.165, 1.54) is 5.56 Å². The van der Waals surface area contributed by atoms with Gasteiger partial charge in [0, 0.05) is 23.3 Å². The Bertz CT molecular complexity index is 426. The fourth-order valence-corrected chi connectivity index (χ4v) is 1.78. The number of rotatable bonds is 2. The number of nitrogens with one attached hydrogen (secondary N) is 1. The zero-order valence-corrected chi connectivity index (χ0v) is 9.64. The fraction of sp³-hybridized carbons (Fsp3) is 0.100. The number of aromatic amines is 1. The van der Waals surface area contributed by atoms with Crippen molar-refractivity contribution in [1.82, 2.24) is 9.97 Å². The minimum atomic E-state index is 0.730. The van der Waals surface area contributed by atoms with E-state index in [2.05, 4.69) is 25.9 Å². The Morgan fingerprint density at radius 1 is 1.43 bits per heavy atom. The predicted octanol–water partition coefficient (Wildman–Crippen LogP) is 3.42. The highest BCUT2D eigenvalue weighted by Crippen LogP contribution is 2.23. The van der Waals surface area contributed by atoms with Gasteiger partial charge < -0.3 is 4.98 Å². The molecule has 0 radical (unpaired) electrons. The number of hydrogen-bond donors (Lipinski definition) is 1. The highest BCUT2D eigenvalue weighted by Gasteiger charge is 2.01. The van der Waals surface area contributed by atoms with Crippen LogP contribution >= 0.6 is 27.5 Å². The van der Waals surface area contributed by atoms with Gasteiger partial charge in [-0.1, -0.05) is 17.7 Å². The average molecular weight is 272 g/mol. The topological polar surface area (TPSA) is 28.7 Å². The molecular weight excluding hydrogens is 263 g/mol. The van der Waals surface area contributed by atoms with Crippen molar-refractivity contribution >= 4 is 27.5 Å². The number of nitrogens with zero attached hydrogens (tertiary/aromatic N) is 1. The maximum absolute atomic E-state index is 5.89. The van der Waals surface area contributed by atoms with E-state index in [9.17, 15) is 0 Å². The lowest BCUT2D eigenvalue weighted by Crippen LogP contribution is -1.90. The second-order valence-electron chi connectivity index (χ2n) is 2.96. The number of benzene rings is 1. The van der Waals surface area contributed by atoms with Crippen LogP contribution in [0.1, 0.15) is 11.4 Å². The van der Waals surface area contributed by atoms with Crippen molar-refractivity contribution in [2.24, 2.45) is 0 Å². The van der Waals surface area contributed by atoms with Gasteiger partial charge in [-0.3, -0.25) is 0 Å². The van der Waals surface area contributed by atoms with Gasteiger partial charge in [-0.05, 0) is 33.6 Å². The molecule has 0 aliphatic rings. The van der Waals surface area contributed by atoms with Crippen molar-refractivity contribution in [2.75, 3.05) is 0 Å². The summed E-state index contributed by atoms with van der Waals surface area (Å²) in [5.41, 5.74) is 1.18. The van der Waals surface area contributed by atoms with Crippen LogP contribution in [0.5, 0.6) is 0 Å². The smallest absolute Gasteiger partial charge is 0.110 e. The minimum absolute atomic E-state index is 0.730. The van der Waals surface area contributed by atoms with E-state index in [0.717, 1.165) is 21.7 Å². The Balaban J connectivity index is 2.22. The molecule has 2 nitrogen and oxygen atoms in total. The average Bonchev–Trinajstić information content (AvgIpc) is 2.64. The molecule has 2 aromatic rings. The summed E-state index contributed by atoms with van der Waals surface area (Å²) in [7, 11) is 0. The SMILES string of the molecule is Clc1ccc(Cc2ncc[nH]2)cc1Br. The number of imidazole rings is 1. The molecular formula is C10H8BrClN2. The minimum Gasteiger partial charge on any atom is -0.348 e. The predicted molar refractivity (Wildman–Crippen MR) is 60.5 cm³/mol. The molecule has 0 fully saturated rings. The lowest BCUT2D eigenvalue weighted by molar-refractivity contribution is 1.02. The van der Waals surface area contributed by atoms with Crippen LogP contribution in [0.15, 0.2) is 35.1 Å². The monoisotopic (exact) mass is 270 g/mol. The zero-order valence-electron chi connectivity index (χ0n) is 7.30. The van der Waals surface area contributed by atoms with Crippen LogP contribution in [0.25, 0.3) is 0 Å². The molecule has 0 bridgehead atoms. The molecule has 4 heteroatoms. The normalized spacial score (nSPS) is 10.4. The third kappa shape index (κ3) is 2.16. The van der Waals surface area contributed by atoms with Crippen molar-refractivity contribution < 1.29 is 0 Å². The number of aromatic nitrogens is 2. The summed E-state index contributed by atoms with van der Waals surface area (Å²) in [6.45, 7) is 0. The molecule has 1 aromatic heterocycles. The largest absolute Gasteiger partial charge is 0.348 e. The summed E-state index contributed by atoms with van der Waals surface area (Å²) >= 11 is 9.28. The Labute approximate surface area is 95.5 Å². The summed E-state index contributed by atoms with van der Waals surface area (Å²) in [5, 5.41) is 0.730.